The average Bonchev–Trinajstić information content (AvgIpc) is 2.76. The Bertz CT molecular complexity index is 448. The van der Waals surface area contributed by atoms with Crippen molar-refractivity contribution in [3.05, 3.63) is 0 Å². The second kappa shape index (κ2) is 4.79. The Kier molecular flexibility index (Phi) is 3.24. The largest absolute Gasteiger partial charge is 0.393 e. The number of hydrogen-bond donors (Lipinski definition) is 2. The molecule has 21 heavy (non-hydrogen) atoms. The Labute approximate surface area is 127 Å². The van der Waals surface area contributed by atoms with Crippen LogP contribution >= 0.6 is 0 Å². The lowest BCUT2D eigenvalue weighted by atomic mass is 9.50. The van der Waals surface area contributed by atoms with Gasteiger partial charge in [-0.1, -0.05) is 6.92 Å². The lowest BCUT2D eigenvalue weighted by Crippen LogP contribution is -2.53. The van der Waals surface area contributed by atoms with E-state index >= 15 is 0 Å². The number of Topliss-reactive ketones (excluding diaryl/α,β-unsaturated/α-hetero) is 1. The third kappa shape index (κ3) is 1.96. The summed E-state index contributed by atoms with van der Waals surface area (Å²) in [5, 5.41) is 20.6. The Morgan fingerprint density at radius 1 is 0.952 bits per heavy atom. The second-order valence-corrected chi connectivity index (χ2v) is 8.45. The van der Waals surface area contributed by atoms with Crippen LogP contribution in [0.2, 0.25) is 0 Å². The van der Waals surface area contributed by atoms with E-state index in [1.165, 1.54) is 0 Å². The molecule has 4 aliphatic rings. The molecule has 3 nitrogen and oxygen atoms in total. The smallest absolute Gasteiger partial charge is 0.139 e. The first-order valence-corrected chi connectivity index (χ1v) is 8.90. The highest BCUT2D eigenvalue weighted by atomic mass is 16.3. The minimum Gasteiger partial charge on any atom is -0.393 e. The maximum atomic E-state index is 12.3. The molecule has 0 aliphatic heterocycles. The van der Waals surface area contributed by atoms with Gasteiger partial charge in [0.15, 0.2) is 0 Å². The van der Waals surface area contributed by atoms with Gasteiger partial charge in [0, 0.05) is 11.8 Å². The molecule has 0 aromatic heterocycles. The zero-order valence-electron chi connectivity index (χ0n) is 13.0. The van der Waals surface area contributed by atoms with Crippen LogP contribution in [-0.4, -0.2) is 28.2 Å². The standard InChI is InChI=1S/C18H28O3/c1-18-7-6-12-11-3-2-10(19)8-14(11)16(20)9-13(12)15(18)4-5-17(18)21/h10-16,19-20H,2-9H2,1H3/t10-,11-,12-,13-,14-,15+,16-,18+/m1/s1. The highest BCUT2D eigenvalue weighted by Gasteiger charge is 2.58. The molecule has 0 amide bonds. The molecule has 0 saturated heterocycles. The minimum atomic E-state index is -0.260. The molecule has 0 aromatic rings. The first kappa shape index (κ1) is 14.2. The fourth-order valence-corrected chi connectivity index (χ4v) is 6.59. The molecular weight excluding hydrogens is 264 g/mol. The highest BCUT2D eigenvalue weighted by molar-refractivity contribution is 5.87. The average molecular weight is 292 g/mol. The van der Waals surface area contributed by atoms with Gasteiger partial charge in [0.05, 0.1) is 12.2 Å². The van der Waals surface area contributed by atoms with E-state index in [1.807, 2.05) is 0 Å². The number of fused-ring (bicyclic) bond motifs is 5. The summed E-state index contributed by atoms with van der Waals surface area (Å²) in [6.07, 6.45) is 7.17. The quantitative estimate of drug-likeness (QED) is 0.721. The molecule has 4 aliphatic carbocycles. The SMILES string of the molecule is C[C@]12CC[C@@H]3[C@H]4CC[C@@H](O)C[C@H]4[C@H](O)C[C@H]3[C@@H]1CCC2=O. The van der Waals surface area contributed by atoms with Crippen molar-refractivity contribution in [1.29, 1.82) is 0 Å². The van der Waals surface area contributed by atoms with Crippen LogP contribution in [0.3, 0.4) is 0 Å². The Morgan fingerprint density at radius 2 is 1.71 bits per heavy atom. The summed E-state index contributed by atoms with van der Waals surface area (Å²) in [7, 11) is 0. The number of hydrogen-bond acceptors (Lipinski definition) is 3. The second-order valence-electron chi connectivity index (χ2n) is 8.45. The Balaban J connectivity index is 1.62. The predicted molar refractivity (Wildman–Crippen MR) is 79.5 cm³/mol. The number of aliphatic hydroxyl groups is 2. The van der Waals surface area contributed by atoms with E-state index in [0.29, 0.717) is 35.4 Å². The normalized spacial score (nSPS) is 56.5. The molecule has 0 spiro atoms. The van der Waals surface area contributed by atoms with Gasteiger partial charge in [0.25, 0.3) is 0 Å². The molecule has 0 aromatic carbocycles. The fraction of sp³-hybridized carbons (Fsp3) is 0.944. The first-order chi connectivity index (χ1) is 10.0. The number of ketones is 1. The maximum absolute atomic E-state index is 12.3. The van der Waals surface area contributed by atoms with Gasteiger partial charge in [-0.15, -0.1) is 0 Å². The lowest BCUT2D eigenvalue weighted by Gasteiger charge is -2.56. The van der Waals surface area contributed by atoms with Gasteiger partial charge in [0.2, 0.25) is 0 Å². The van der Waals surface area contributed by atoms with Gasteiger partial charge in [-0.2, -0.15) is 0 Å². The predicted octanol–water partition coefficient (Wildman–Crippen LogP) is 2.54. The Morgan fingerprint density at radius 3 is 2.52 bits per heavy atom. The van der Waals surface area contributed by atoms with Crippen molar-refractivity contribution in [2.75, 3.05) is 0 Å². The van der Waals surface area contributed by atoms with E-state index in [0.717, 1.165) is 51.4 Å². The van der Waals surface area contributed by atoms with Crippen LogP contribution in [0.25, 0.3) is 0 Å². The number of aliphatic hydroxyl groups excluding tert-OH is 2. The zero-order valence-corrected chi connectivity index (χ0v) is 13.0. The molecule has 0 radical (unpaired) electrons. The summed E-state index contributed by atoms with van der Waals surface area (Å²) in [5.74, 6) is 3.10. The van der Waals surface area contributed by atoms with Crippen molar-refractivity contribution in [1.82, 2.24) is 0 Å². The van der Waals surface area contributed by atoms with Gasteiger partial charge >= 0.3 is 0 Å². The molecule has 4 fully saturated rings. The first-order valence-electron chi connectivity index (χ1n) is 8.90. The molecule has 118 valence electrons. The Hall–Kier alpha value is -0.410. The molecule has 8 atom stereocenters. The molecule has 4 saturated carbocycles. The van der Waals surface area contributed by atoms with Crippen molar-refractivity contribution in [2.24, 2.45) is 35.0 Å². The summed E-state index contributed by atoms with van der Waals surface area (Å²) in [4.78, 5) is 12.3. The van der Waals surface area contributed by atoms with E-state index in [2.05, 4.69) is 6.92 Å². The topological polar surface area (TPSA) is 57.5 Å². The maximum Gasteiger partial charge on any atom is 0.139 e. The lowest BCUT2D eigenvalue weighted by molar-refractivity contribution is -0.141. The summed E-state index contributed by atoms with van der Waals surface area (Å²) in [6.45, 7) is 2.19. The van der Waals surface area contributed by atoms with E-state index < -0.39 is 0 Å². The molecule has 0 bridgehead atoms. The van der Waals surface area contributed by atoms with Gasteiger partial charge in [0.1, 0.15) is 5.78 Å². The van der Waals surface area contributed by atoms with E-state index in [-0.39, 0.29) is 17.6 Å². The van der Waals surface area contributed by atoms with E-state index in [1.54, 1.807) is 0 Å². The van der Waals surface area contributed by atoms with Crippen LogP contribution < -0.4 is 0 Å². The van der Waals surface area contributed by atoms with Crippen molar-refractivity contribution < 1.29 is 15.0 Å². The third-order valence-corrected chi connectivity index (χ3v) is 7.69. The summed E-state index contributed by atoms with van der Waals surface area (Å²) in [6, 6.07) is 0. The summed E-state index contributed by atoms with van der Waals surface area (Å²) < 4.78 is 0. The molecule has 0 unspecified atom stereocenters. The molecular formula is C18H28O3. The van der Waals surface area contributed by atoms with E-state index in [9.17, 15) is 15.0 Å². The third-order valence-electron chi connectivity index (χ3n) is 7.69. The van der Waals surface area contributed by atoms with Crippen LogP contribution in [0.4, 0.5) is 0 Å². The zero-order chi connectivity index (χ0) is 14.8. The number of carbonyl (C=O) groups is 1. The number of rotatable bonds is 0. The summed E-state index contributed by atoms with van der Waals surface area (Å²) in [5.41, 5.74) is -0.0953. The fourth-order valence-electron chi connectivity index (χ4n) is 6.59. The van der Waals surface area contributed by atoms with Gasteiger partial charge < -0.3 is 10.2 Å². The molecule has 0 heterocycles. The van der Waals surface area contributed by atoms with Crippen LogP contribution in [0.1, 0.15) is 58.3 Å². The van der Waals surface area contributed by atoms with Crippen molar-refractivity contribution >= 4 is 5.78 Å². The number of carbonyl (C=O) groups excluding carboxylic acids is 1. The molecule has 2 N–H and O–H groups in total. The van der Waals surface area contributed by atoms with Crippen LogP contribution in [0, 0.1) is 35.0 Å². The van der Waals surface area contributed by atoms with Crippen molar-refractivity contribution in [3.8, 4) is 0 Å². The van der Waals surface area contributed by atoms with E-state index in [4.69, 9.17) is 0 Å². The van der Waals surface area contributed by atoms with Gasteiger partial charge in [-0.3, -0.25) is 4.79 Å². The van der Waals surface area contributed by atoms with Crippen molar-refractivity contribution in [3.63, 3.8) is 0 Å². The van der Waals surface area contributed by atoms with Gasteiger partial charge in [-0.05, 0) is 74.5 Å². The van der Waals surface area contributed by atoms with Crippen LogP contribution in [0.5, 0.6) is 0 Å². The van der Waals surface area contributed by atoms with Gasteiger partial charge in [-0.25, -0.2) is 0 Å². The van der Waals surface area contributed by atoms with Crippen LogP contribution in [-0.2, 0) is 4.79 Å². The van der Waals surface area contributed by atoms with Crippen molar-refractivity contribution in [2.45, 2.75) is 70.5 Å². The highest BCUT2D eigenvalue weighted by Crippen LogP contribution is 2.61. The minimum absolute atomic E-state index is 0.0953. The monoisotopic (exact) mass is 292 g/mol. The van der Waals surface area contributed by atoms with Crippen LogP contribution in [0.15, 0.2) is 0 Å². The molecule has 4 rings (SSSR count). The molecule has 3 heteroatoms. The summed E-state index contributed by atoms with van der Waals surface area (Å²) >= 11 is 0.